The van der Waals surface area contributed by atoms with Crippen molar-refractivity contribution in [1.29, 1.82) is 0 Å². The number of aromatic amines is 2. The van der Waals surface area contributed by atoms with Crippen LogP contribution in [0.5, 0.6) is 0 Å². The maximum Gasteiger partial charge on any atom is 0.276 e. The Morgan fingerprint density at radius 3 is 1.92 bits per heavy atom. The number of primary amides is 2. The van der Waals surface area contributed by atoms with Crippen molar-refractivity contribution in [3.05, 3.63) is 81.9 Å². The first kappa shape index (κ1) is 32.6. The van der Waals surface area contributed by atoms with Crippen molar-refractivity contribution in [2.75, 3.05) is 10.6 Å². The smallest absolute Gasteiger partial charge is 0.276 e. The van der Waals surface area contributed by atoms with Gasteiger partial charge in [0.25, 0.3) is 11.8 Å². The van der Waals surface area contributed by atoms with E-state index in [1.54, 1.807) is 51.8 Å². The Bertz CT molecular complexity index is 2240. The maximum atomic E-state index is 13.5. The van der Waals surface area contributed by atoms with E-state index in [-0.39, 0.29) is 23.7 Å². The normalized spacial score (nSPS) is 11.3. The van der Waals surface area contributed by atoms with Gasteiger partial charge in [0.15, 0.2) is 0 Å². The highest BCUT2D eigenvalue weighted by Crippen LogP contribution is 2.22. The van der Waals surface area contributed by atoms with Crippen LogP contribution in [0.2, 0.25) is 0 Å². The third-order valence-electron chi connectivity index (χ3n) is 8.19. The van der Waals surface area contributed by atoms with Crippen molar-refractivity contribution in [3.63, 3.8) is 0 Å². The van der Waals surface area contributed by atoms with Gasteiger partial charge in [-0.2, -0.15) is 10.2 Å². The number of fused-ring (bicyclic) bond motifs is 2. The zero-order valence-electron chi connectivity index (χ0n) is 27.3. The van der Waals surface area contributed by atoms with Gasteiger partial charge in [-0.05, 0) is 82.5 Å². The van der Waals surface area contributed by atoms with Gasteiger partial charge in [0.2, 0.25) is 23.7 Å². The zero-order valence-corrected chi connectivity index (χ0v) is 27.3. The largest absolute Gasteiger partial charge is 0.366 e. The number of rotatable bonds is 13. The van der Waals surface area contributed by atoms with Crippen LogP contribution < -0.4 is 22.1 Å². The first-order chi connectivity index (χ1) is 23.5. The summed E-state index contributed by atoms with van der Waals surface area (Å²) in [5.41, 5.74) is 17.0. The van der Waals surface area contributed by atoms with Gasteiger partial charge in [-0.3, -0.25) is 39.2 Å². The van der Waals surface area contributed by atoms with Crippen LogP contribution in [0.4, 0.5) is 11.9 Å². The third kappa shape index (κ3) is 6.88. The molecule has 2 aromatic carbocycles. The van der Waals surface area contributed by atoms with E-state index in [0.717, 1.165) is 30.5 Å². The van der Waals surface area contributed by atoms with Crippen LogP contribution in [0.1, 0.15) is 84.8 Å². The highest BCUT2D eigenvalue weighted by atomic mass is 16.2. The molecule has 0 aliphatic rings. The Balaban J connectivity index is 1.07. The molecule has 16 nitrogen and oxygen atoms in total. The second kappa shape index (κ2) is 13.4. The fourth-order valence-corrected chi connectivity index (χ4v) is 5.82. The van der Waals surface area contributed by atoms with Gasteiger partial charge in [-0.15, -0.1) is 0 Å². The second-order valence-electron chi connectivity index (χ2n) is 11.7. The lowest BCUT2D eigenvalue weighted by molar-refractivity contribution is 0.0992. The number of H-pyrrole nitrogens is 2. The van der Waals surface area contributed by atoms with Crippen molar-refractivity contribution >= 4 is 57.6 Å². The molecule has 0 saturated heterocycles. The Labute approximate surface area is 279 Å². The van der Waals surface area contributed by atoms with Crippen molar-refractivity contribution < 1.29 is 19.2 Å². The lowest BCUT2D eigenvalue weighted by Crippen LogP contribution is -2.20. The molecule has 0 bridgehead atoms. The average Bonchev–Trinajstić information content (AvgIpc) is 3.83. The van der Waals surface area contributed by atoms with E-state index in [0.29, 0.717) is 69.8 Å². The second-order valence-corrected chi connectivity index (χ2v) is 11.7. The minimum Gasteiger partial charge on any atom is -0.366 e. The van der Waals surface area contributed by atoms with Gasteiger partial charge in [-0.25, -0.2) is 9.97 Å². The van der Waals surface area contributed by atoms with E-state index in [1.165, 1.54) is 0 Å². The topological polar surface area (TPSA) is 237 Å². The van der Waals surface area contributed by atoms with E-state index in [4.69, 9.17) is 11.5 Å². The van der Waals surface area contributed by atoms with Crippen LogP contribution in [-0.2, 0) is 19.5 Å². The monoisotopic (exact) mass is 664 g/mol. The molecule has 6 rings (SSSR count). The summed E-state index contributed by atoms with van der Waals surface area (Å²) < 4.78 is 3.36. The molecule has 0 saturated carbocycles. The molecule has 4 heterocycles. The molecule has 8 N–H and O–H groups in total. The number of hydrogen-bond acceptors (Lipinski definition) is 8. The number of benzene rings is 2. The predicted molar refractivity (Wildman–Crippen MR) is 182 cm³/mol. The maximum absolute atomic E-state index is 13.5. The van der Waals surface area contributed by atoms with Gasteiger partial charge in [0.1, 0.15) is 11.4 Å². The average molecular weight is 665 g/mol. The number of anilines is 2. The molecule has 0 fully saturated rings. The summed E-state index contributed by atoms with van der Waals surface area (Å²) in [5.74, 6) is -1.32. The van der Waals surface area contributed by atoms with Crippen molar-refractivity contribution in [2.45, 2.75) is 59.5 Å². The Morgan fingerprint density at radius 1 is 0.755 bits per heavy atom. The number of hydrogen-bond donors (Lipinski definition) is 6. The van der Waals surface area contributed by atoms with Crippen LogP contribution in [0.15, 0.2) is 42.5 Å². The molecular weight excluding hydrogens is 628 g/mol. The minimum atomic E-state index is -0.555. The summed E-state index contributed by atoms with van der Waals surface area (Å²) in [6.45, 7) is 6.67. The van der Waals surface area contributed by atoms with Crippen molar-refractivity contribution in [3.8, 4) is 0 Å². The van der Waals surface area contributed by atoms with Crippen LogP contribution >= 0.6 is 0 Å². The molecule has 0 spiro atoms. The van der Waals surface area contributed by atoms with E-state index < -0.39 is 11.8 Å². The molecule has 4 amide bonds. The number of nitrogens with one attached hydrogen (secondary N) is 4. The molecule has 0 aliphatic carbocycles. The van der Waals surface area contributed by atoms with E-state index in [9.17, 15) is 19.2 Å². The molecule has 4 aromatic heterocycles. The van der Waals surface area contributed by atoms with Gasteiger partial charge in [0.05, 0.1) is 33.5 Å². The van der Waals surface area contributed by atoms with E-state index in [1.807, 2.05) is 20.8 Å². The quantitative estimate of drug-likeness (QED) is 0.0995. The van der Waals surface area contributed by atoms with Crippen molar-refractivity contribution in [2.24, 2.45) is 11.5 Å². The molecule has 0 radical (unpaired) electrons. The SMILES string of the molecule is CCn1nc(C)c(CCCCCn2nc(C)cc2C(=O)Nc2nc3ccc(C(N)=O)cc3[nH]2)c1C(=O)Nc1nc2ccc(C(N)=O)cc2[nH]1. The number of nitrogens with two attached hydrogens (primary N) is 2. The number of imidazole rings is 2. The molecule has 0 unspecified atom stereocenters. The van der Waals surface area contributed by atoms with Gasteiger partial charge < -0.3 is 21.4 Å². The lowest BCUT2D eigenvalue weighted by Gasteiger charge is -2.09. The minimum absolute atomic E-state index is 0.243. The number of unbranched alkanes of at least 4 members (excludes halogenated alkanes) is 2. The Hall–Kier alpha value is -6.32. The molecule has 252 valence electrons. The summed E-state index contributed by atoms with van der Waals surface area (Å²) in [7, 11) is 0. The summed E-state index contributed by atoms with van der Waals surface area (Å²) in [4.78, 5) is 64.6. The third-order valence-corrected chi connectivity index (χ3v) is 8.19. The Morgan fingerprint density at radius 2 is 1.35 bits per heavy atom. The lowest BCUT2D eigenvalue weighted by atomic mass is 10.0. The standard InChI is InChI=1S/C33H36N12O4/c1-4-44-27(31(49)41-33-37-23-12-10-20(29(35)47)16-25(23)39-33)21(18(3)43-44)8-6-5-7-13-45-26(14-17(2)42-45)30(48)40-32-36-22-11-9-19(28(34)46)15-24(22)38-32/h9-12,14-16H,4-8,13H2,1-3H3,(H2,34,46)(H2,35,47)(H2,36,38,40,48)(H2,37,39,41,49). The molecule has 0 atom stereocenters. The number of aromatic nitrogens is 8. The first-order valence-electron chi connectivity index (χ1n) is 15.8. The Kier molecular flexibility index (Phi) is 8.94. The number of amides is 4. The van der Waals surface area contributed by atoms with E-state index >= 15 is 0 Å². The fourth-order valence-electron chi connectivity index (χ4n) is 5.82. The number of carbonyl (C=O) groups is 4. The van der Waals surface area contributed by atoms with E-state index in [2.05, 4.69) is 40.8 Å². The first-order valence-corrected chi connectivity index (χ1v) is 15.8. The molecule has 49 heavy (non-hydrogen) atoms. The summed E-state index contributed by atoms with van der Waals surface area (Å²) >= 11 is 0. The van der Waals surface area contributed by atoms with Gasteiger partial charge in [-0.1, -0.05) is 6.42 Å². The number of nitrogens with zero attached hydrogens (tertiary/aromatic N) is 6. The van der Waals surface area contributed by atoms with Crippen molar-refractivity contribution in [1.82, 2.24) is 39.5 Å². The molecule has 6 aromatic rings. The van der Waals surface area contributed by atoms with Gasteiger partial charge >= 0.3 is 0 Å². The fraction of sp³-hybridized carbons (Fsp3) is 0.273. The van der Waals surface area contributed by atoms with Crippen LogP contribution in [0.25, 0.3) is 22.1 Å². The van der Waals surface area contributed by atoms with Crippen LogP contribution in [-0.4, -0.2) is 63.1 Å². The van der Waals surface area contributed by atoms with Crippen LogP contribution in [0, 0.1) is 13.8 Å². The molecule has 16 heteroatoms. The summed E-state index contributed by atoms with van der Waals surface area (Å²) in [5, 5.41) is 14.7. The summed E-state index contributed by atoms with van der Waals surface area (Å²) in [6, 6.07) is 11.4. The predicted octanol–water partition coefficient (Wildman–Crippen LogP) is 3.58. The summed E-state index contributed by atoms with van der Waals surface area (Å²) in [6.07, 6.45) is 2.98. The zero-order chi connectivity index (χ0) is 34.8. The number of carbonyl (C=O) groups excluding carboxylic acids is 4. The highest BCUT2D eigenvalue weighted by Gasteiger charge is 2.22. The van der Waals surface area contributed by atoms with Crippen LogP contribution in [0.3, 0.4) is 0 Å². The highest BCUT2D eigenvalue weighted by molar-refractivity contribution is 6.05. The van der Waals surface area contributed by atoms with Gasteiger partial charge in [0, 0.05) is 29.8 Å². The molecule has 0 aliphatic heterocycles. The number of aryl methyl sites for hydroxylation is 4. The molecular formula is C33H36N12O4.